The number of anilines is 2. The van der Waals surface area contributed by atoms with E-state index in [-0.39, 0.29) is 17.0 Å². The Kier molecular flexibility index (Phi) is 5.37. The molecule has 34 heavy (non-hydrogen) atoms. The van der Waals surface area contributed by atoms with Crippen LogP contribution >= 0.6 is 0 Å². The third-order valence-electron chi connectivity index (χ3n) is 5.43. The molecule has 0 aromatic heterocycles. The number of nitrogens with one attached hydrogen (secondary N) is 1. The van der Waals surface area contributed by atoms with Crippen LogP contribution in [0, 0.1) is 11.6 Å². The van der Waals surface area contributed by atoms with Crippen molar-refractivity contribution in [1.82, 2.24) is 0 Å². The van der Waals surface area contributed by atoms with Gasteiger partial charge >= 0.3 is 0 Å². The molecule has 2 aliphatic heterocycles. The molecule has 7 nitrogen and oxygen atoms in total. The standard InChI is InChI=1S/C25H18F2N2O5/c1-32-19-5-3-2-4-16(19)22-23(28-14-6-9-20-21(12-14)34-11-10-33-20)25(31)29(24(22)30)15-7-8-17(26)18(27)13-15/h2-9,12-13,28H,10-11H2,1H3. The first-order valence-electron chi connectivity index (χ1n) is 10.4. The van der Waals surface area contributed by atoms with Crippen molar-refractivity contribution in [3.05, 3.63) is 83.6 Å². The Balaban J connectivity index is 1.62. The Hall–Kier alpha value is -4.40. The number of carbonyl (C=O) groups excluding carboxylic acids is 2. The Morgan fingerprint density at radius 1 is 0.882 bits per heavy atom. The minimum atomic E-state index is -1.18. The molecule has 0 atom stereocenters. The molecule has 2 aliphatic rings. The summed E-state index contributed by atoms with van der Waals surface area (Å²) < 4.78 is 44.0. The van der Waals surface area contributed by atoms with E-state index in [1.807, 2.05) is 0 Å². The van der Waals surface area contributed by atoms with Crippen molar-refractivity contribution in [3.63, 3.8) is 0 Å². The molecule has 5 rings (SSSR count). The summed E-state index contributed by atoms with van der Waals surface area (Å²) in [7, 11) is 1.45. The fourth-order valence-electron chi connectivity index (χ4n) is 3.87. The lowest BCUT2D eigenvalue weighted by Gasteiger charge is -2.19. The van der Waals surface area contributed by atoms with Crippen LogP contribution in [0.2, 0.25) is 0 Å². The van der Waals surface area contributed by atoms with Gasteiger partial charge in [0.05, 0.1) is 18.4 Å². The number of imide groups is 1. The number of fused-ring (bicyclic) bond motifs is 1. The zero-order chi connectivity index (χ0) is 23.8. The van der Waals surface area contributed by atoms with Gasteiger partial charge in [0.1, 0.15) is 24.7 Å². The quantitative estimate of drug-likeness (QED) is 0.572. The number of ether oxygens (including phenoxy) is 3. The summed E-state index contributed by atoms with van der Waals surface area (Å²) in [6.45, 7) is 0.812. The Morgan fingerprint density at radius 2 is 1.65 bits per heavy atom. The number of hydrogen-bond donors (Lipinski definition) is 1. The van der Waals surface area contributed by atoms with Gasteiger partial charge in [-0.3, -0.25) is 9.59 Å². The molecule has 3 aromatic carbocycles. The summed E-state index contributed by atoms with van der Waals surface area (Å²) in [5, 5.41) is 3.01. The fraction of sp³-hybridized carbons (Fsp3) is 0.120. The SMILES string of the molecule is COc1ccccc1C1=C(Nc2ccc3c(c2)OCCO3)C(=O)N(c2ccc(F)c(F)c2)C1=O. The summed E-state index contributed by atoms with van der Waals surface area (Å²) in [5.41, 5.74) is 0.728. The van der Waals surface area contributed by atoms with Crippen molar-refractivity contribution >= 4 is 28.8 Å². The van der Waals surface area contributed by atoms with Crippen molar-refractivity contribution < 1.29 is 32.6 Å². The number of halogens is 2. The number of methoxy groups -OCH3 is 1. The van der Waals surface area contributed by atoms with Gasteiger partial charge in [-0.15, -0.1) is 0 Å². The van der Waals surface area contributed by atoms with E-state index in [0.29, 0.717) is 41.7 Å². The molecule has 1 N–H and O–H groups in total. The van der Waals surface area contributed by atoms with Gasteiger partial charge in [0, 0.05) is 23.4 Å². The summed E-state index contributed by atoms with van der Waals surface area (Å²) in [6.07, 6.45) is 0. The maximum atomic E-state index is 13.9. The van der Waals surface area contributed by atoms with Gasteiger partial charge in [-0.05, 0) is 30.3 Å². The van der Waals surface area contributed by atoms with E-state index in [1.54, 1.807) is 42.5 Å². The summed E-state index contributed by atoms with van der Waals surface area (Å²) in [6, 6.07) is 14.6. The second-order valence-corrected chi connectivity index (χ2v) is 7.48. The molecular weight excluding hydrogens is 446 g/mol. The van der Waals surface area contributed by atoms with Gasteiger partial charge in [-0.2, -0.15) is 0 Å². The molecule has 0 unspecified atom stereocenters. The van der Waals surface area contributed by atoms with Crippen molar-refractivity contribution in [2.24, 2.45) is 0 Å². The number of amides is 2. The number of hydrogen-bond acceptors (Lipinski definition) is 6. The molecule has 0 spiro atoms. The predicted molar refractivity (Wildman–Crippen MR) is 120 cm³/mol. The van der Waals surface area contributed by atoms with Gasteiger partial charge < -0.3 is 19.5 Å². The smallest absolute Gasteiger partial charge is 0.282 e. The Bertz CT molecular complexity index is 1350. The number of nitrogens with zero attached hydrogens (tertiary/aromatic N) is 1. The lowest BCUT2D eigenvalue weighted by molar-refractivity contribution is -0.120. The van der Waals surface area contributed by atoms with E-state index in [4.69, 9.17) is 14.2 Å². The highest BCUT2D eigenvalue weighted by Gasteiger charge is 2.41. The summed E-state index contributed by atoms with van der Waals surface area (Å²) in [5.74, 6) is -2.28. The molecule has 0 saturated carbocycles. The fourth-order valence-corrected chi connectivity index (χ4v) is 3.87. The molecule has 2 amide bonds. The monoisotopic (exact) mass is 464 g/mol. The third kappa shape index (κ3) is 3.61. The van der Waals surface area contributed by atoms with Crippen LogP contribution in [0.15, 0.2) is 66.4 Å². The minimum absolute atomic E-state index is 0.0297. The molecule has 0 bridgehead atoms. The average molecular weight is 464 g/mol. The van der Waals surface area contributed by atoms with E-state index >= 15 is 0 Å². The minimum Gasteiger partial charge on any atom is -0.496 e. The number of carbonyl (C=O) groups is 2. The molecule has 2 heterocycles. The number of rotatable bonds is 5. The van der Waals surface area contributed by atoms with Crippen molar-refractivity contribution in [1.29, 1.82) is 0 Å². The molecule has 3 aromatic rings. The average Bonchev–Trinajstić information content (AvgIpc) is 3.09. The molecular formula is C25H18F2N2O5. The third-order valence-corrected chi connectivity index (χ3v) is 5.43. The van der Waals surface area contributed by atoms with Gasteiger partial charge in [0.15, 0.2) is 23.1 Å². The Morgan fingerprint density at radius 3 is 2.41 bits per heavy atom. The highest BCUT2D eigenvalue weighted by atomic mass is 19.2. The molecule has 0 fully saturated rings. The zero-order valence-corrected chi connectivity index (χ0v) is 17.9. The van der Waals surface area contributed by atoms with Crippen LogP contribution in [0.3, 0.4) is 0 Å². The maximum absolute atomic E-state index is 13.9. The maximum Gasteiger partial charge on any atom is 0.282 e. The summed E-state index contributed by atoms with van der Waals surface area (Å²) in [4.78, 5) is 27.8. The molecule has 0 aliphatic carbocycles. The topological polar surface area (TPSA) is 77.1 Å². The number of benzene rings is 3. The second kappa shape index (κ2) is 8.51. The van der Waals surface area contributed by atoms with E-state index in [0.717, 1.165) is 17.0 Å². The van der Waals surface area contributed by atoms with Gasteiger partial charge in [0.25, 0.3) is 11.8 Å². The second-order valence-electron chi connectivity index (χ2n) is 7.48. The molecule has 0 radical (unpaired) electrons. The van der Waals surface area contributed by atoms with Crippen LogP contribution in [0.4, 0.5) is 20.2 Å². The highest BCUT2D eigenvalue weighted by Crippen LogP contribution is 2.39. The summed E-state index contributed by atoms with van der Waals surface area (Å²) >= 11 is 0. The van der Waals surface area contributed by atoms with E-state index < -0.39 is 23.4 Å². The molecule has 172 valence electrons. The first-order chi connectivity index (χ1) is 16.5. The molecule has 9 heteroatoms. The lowest BCUT2D eigenvalue weighted by Crippen LogP contribution is -2.32. The Labute approximate surface area is 193 Å². The van der Waals surface area contributed by atoms with Gasteiger partial charge in [0.2, 0.25) is 0 Å². The van der Waals surface area contributed by atoms with Crippen LogP contribution in [-0.4, -0.2) is 32.1 Å². The largest absolute Gasteiger partial charge is 0.496 e. The molecule has 0 saturated heterocycles. The van der Waals surface area contributed by atoms with Crippen molar-refractivity contribution in [2.75, 3.05) is 30.5 Å². The van der Waals surface area contributed by atoms with E-state index in [1.165, 1.54) is 13.2 Å². The van der Waals surface area contributed by atoms with Crippen LogP contribution in [0.1, 0.15) is 5.56 Å². The zero-order valence-electron chi connectivity index (χ0n) is 17.9. The van der Waals surface area contributed by atoms with Crippen LogP contribution in [0.5, 0.6) is 17.2 Å². The van der Waals surface area contributed by atoms with Crippen molar-refractivity contribution in [3.8, 4) is 17.2 Å². The van der Waals surface area contributed by atoms with E-state index in [9.17, 15) is 18.4 Å². The number of para-hydroxylation sites is 1. The van der Waals surface area contributed by atoms with Crippen LogP contribution in [0.25, 0.3) is 5.57 Å². The normalized spacial score (nSPS) is 15.1. The van der Waals surface area contributed by atoms with Crippen LogP contribution < -0.4 is 24.4 Å². The van der Waals surface area contributed by atoms with E-state index in [2.05, 4.69) is 5.32 Å². The first kappa shape index (κ1) is 21.4. The van der Waals surface area contributed by atoms with Crippen LogP contribution in [-0.2, 0) is 9.59 Å². The van der Waals surface area contributed by atoms with Crippen molar-refractivity contribution in [2.45, 2.75) is 0 Å². The predicted octanol–water partition coefficient (Wildman–Crippen LogP) is 4.14. The first-order valence-corrected chi connectivity index (χ1v) is 10.4. The lowest BCUT2D eigenvalue weighted by atomic mass is 10.0. The highest BCUT2D eigenvalue weighted by molar-refractivity contribution is 6.46. The van der Waals surface area contributed by atoms with Gasteiger partial charge in [-0.1, -0.05) is 18.2 Å². The van der Waals surface area contributed by atoms with Gasteiger partial charge in [-0.25, -0.2) is 13.7 Å².